The Morgan fingerprint density at radius 3 is 2.34 bits per heavy atom. The van der Waals surface area contributed by atoms with E-state index in [-0.39, 0.29) is 17.2 Å². The van der Waals surface area contributed by atoms with Crippen molar-refractivity contribution >= 4 is 31.4 Å². The average molecular weight is 475 g/mol. The number of anilines is 2. The number of hydrogen-bond acceptors (Lipinski definition) is 4. The number of rotatable bonds is 7. The first-order valence-electron chi connectivity index (χ1n) is 10.2. The minimum atomic E-state index is -3.91. The van der Waals surface area contributed by atoms with Crippen molar-refractivity contribution in [3.8, 4) is 0 Å². The molecule has 0 aliphatic carbocycles. The van der Waals surface area contributed by atoms with Crippen molar-refractivity contribution in [1.29, 1.82) is 0 Å². The summed E-state index contributed by atoms with van der Waals surface area (Å²) in [5.41, 5.74) is 2.47. The van der Waals surface area contributed by atoms with E-state index in [1.54, 1.807) is 18.2 Å². The van der Waals surface area contributed by atoms with Gasteiger partial charge in [-0.2, -0.15) is 0 Å². The van der Waals surface area contributed by atoms with Crippen LogP contribution in [0.1, 0.15) is 17.5 Å². The molecule has 0 unspecified atom stereocenters. The van der Waals surface area contributed by atoms with E-state index >= 15 is 0 Å². The fraction of sp³-hybridized carbons (Fsp3) is 0.217. The van der Waals surface area contributed by atoms with Crippen LogP contribution in [0.3, 0.4) is 0 Å². The van der Waals surface area contributed by atoms with Gasteiger partial charge in [-0.05, 0) is 66.8 Å². The van der Waals surface area contributed by atoms with Crippen molar-refractivity contribution in [2.45, 2.75) is 24.2 Å². The number of halogens is 1. The molecule has 0 aromatic heterocycles. The smallest absolute Gasteiger partial charge is 0.264 e. The molecule has 1 aliphatic rings. The number of fused-ring (bicyclic) bond motifs is 1. The lowest BCUT2D eigenvalue weighted by molar-refractivity contribution is 0.585. The second kappa shape index (κ2) is 8.91. The molecule has 0 radical (unpaired) electrons. The average Bonchev–Trinajstić information content (AvgIpc) is 2.78. The molecule has 168 valence electrons. The fourth-order valence-corrected chi connectivity index (χ4v) is 6.34. The van der Waals surface area contributed by atoms with Gasteiger partial charge in [0.05, 0.1) is 22.0 Å². The van der Waals surface area contributed by atoms with Crippen LogP contribution in [0, 0.1) is 5.82 Å². The molecule has 0 atom stereocenters. The molecule has 32 heavy (non-hydrogen) atoms. The molecule has 6 nitrogen and oxygen atoms in total. The Labute approximate surface area is 187 Å². The topological polar surface area (TPSA) is 83.6 Å². The number of hydrogen-bond donors (Lipinski definition) is 1. The highest BCUT2D eigenvalue weighted by Crippen LogP contribution is 2.34. The summed E-state index contributed by atoms with van der Waals surface area (Å²) < 4.78 is 68.6. The summed E-state index contributed by atoms with van der Waals surface area (Å²) in [7, 11) is -7.54. The van der Waals surface area contributed by atoms with Gasteiger partial charge in [0.25, 0.3) is 10.0 Å². The van der Waals surface area contributed by atoms with Gasteiger partial charge >= 0.3 is 0 Å². The van der Waals surface area contributed by atoms with E-state index < -0.39 is 25.9 Å². The van der Waals surface area contributed by atoms with Crippen molar-refractivity contribution in [2.75, 3.05) is 21.3 Å². The largest absolute Gasteiger partial charge is 0.283 e. The number of nitrogens with zero attached hydrogens (tertiary/aromatic N) is 1. The van der Waals surface area contributed by atoms with Gasteiger partial charge in [-0.1, -0.05) is 36.4 Å². The molecule has 1 heterocycles. The van der Waals surface area contributed by atoms with Gasteiger partial charge in [0.2, 0.25) is 10.0 Å². The highest BCUT2D eigenvalue weighted by Gasteiger charge is 2.29. The zero-order chi connectivity index (χ0) is 22.8. The molecule has 0 bridgehead atoms. The van der Waals surface area contributed by atoms with Crippen LogP contribution in [-0.4, -0.2) is 29.1 Å². The second-order valence-corrected chi connectivity index (χ2v) is 11.3. The maximum atomic E-state index is 13.3. The zero-order valence-electron chi connectivity index (χ0n) is 17.2. The second-order valence-electron chi connectivity index (χ2n) is 7.63. The first-order valence-corrected chi connectivity index (χ1v) is 13.3. The Morgan fingerprint density at radius 1 is 0.906 bits per heavy atom. The van der Waals surface area contributed by atoms with E-state index in [4.69, 9.17) is 0 Å². The van der Waals surface area contributed by atoms with Crippen molar-refractivity contribution in [2.24, 2.45) is 0 Å². The summed E-state index contributed by atoms with van der Waals surface area (Å²) in [6, 6.07) is 18.9. The Kier molecular flexibility index (Phi) is 6.21. The predicted octanol–water partition coefficient (Wildman–Crippen LogP) is 3.95. The van der Waals surface area contributed by atoms with Crippen molar-refractivity contribution in [3.05, 3.63) is 89.7 Å². The molecule has 0 fully saturated rings. The SMILES string of the molecule is O=S(=O)(CCc1ccccc1)Nc1ccc2c(c1)N(S(=O)(=O)c1ccc(F)cc1)CCC2. The van der Waals surface area contributed by atoms with Crippen LogP contribution in [0.15, 0.2) is 77.7 Å². The minimum Gasteiger partial charge on any atom is -0.283 e. The van der Waals surface area contributed by atoms with Crippen LogP contribution >= 0.6 is 0 Å². The van der Waals surface area contributed by atoms with E-state index in [9.17, 15) is 21.2 Å². The highest BCUT2D eigenvalue weighted by atomic mass is 32.2. The van der Waals surface area contributed by atoms with Crippen LogP contribution in [0.4, 0.5) is 15.8 Å². The van der Waals surface area contributed by atoms with Crippen molar-refractivity contribution in [3.63, 3.8) is 0 Å². The third-order valence-corrected chi connectivity index (χ3v) is 8.45. The molecule has 1 N–H and O–H groups in total. The van der Waals surface area contributed by atoms with Crippen LogP contribution in [0.2, 0.25) is 0 Å². The maximum absolute atomic E-state index is 13.3. The zero-order valence-corrected chi connectivity index (χ0v) is 18.9. The summed E-state index contributed by atoms with van der Waals surface area (Å²) in [6.45, 7) is 0.261. The van der Waals surface area contributed by atoms with E-state index in [1.807, 2.05) is 30.3 Å². The normalized spacial score (nSPS) is 14.1. The molecule has 1 aliphatic heterocycles. The Bertz CT molecular complexity index is 1310. The van der Waals surface area contributed by atoms with E-state index in [0.717, 1.165) is 23.3 Å². The Hall–Kier alpha value is -2.91. The standard InChI is InChI=1S/C23H23FN2O4S2/c24-20-9-12-22(13-10-20)32(29,30)26-15-4-7-19-8-11-21(17-23(19)26)25-31(27,28)16-14-18-5-2-1-3-6-18/h1-3,5-6,8-13,17,25H,4,7,14-16H2. The molecular weight excluding hydrogens is 451 g/mol. The quantitative estimate of drug-likeness (QED) is 0.562. The first-order chi connectivity index (χ1) is 15.2. The van der Waals surface area contributed by atoms with Gasteiger partial charge in [-0.3, -0.25) is 9.03 Å². The molecular formula is C23H23FN2O4S2. The molecule has 0 saturated carbocycles. The molecule has 3 aromatic rings. The van der Waals surface area contributed by atoms with Gasteiger partial charge in [0.15, 0.2) is 0 Å². The number of nitrogens with one attached hydrogen (secondary N) is 1. The first kappa shape index (κ1) is 22.3. The van der Waals surface area contributed by atoms with Gasteiger partial charge in [-0.25, -0.2) is 21.2 Å². The Balaban J connectivity index is 1.58. The molecule has 0 saturated heterocycles. The highest BCUT2D eigenvalue weighted by molar-refractivity contribution is 7.93. The van der Waals surface area contributed by atoms with Crippen LogP contribution in [-0.2, 0) is 32.9 Å². The van der Waals surface area contributed by atoms with E-state index in [2.05, 4.69) is 4.72 Å². The summed E-state index contributed by atoms with van der Waals surface area (Å²) in [5, 5.41) is 0. The monoisotopic (exact) mass is 474 g/mol. The lowest BCUT2D eigenvalue weighted by Crippen LogP contribution is -2.35. The summed E-state index contributed by atoms with van der Waals surface area (Å²) in [6.07, 6.45) is 1.69. The maximum Gasteiger partial charge on any atom is 0.264 e. The third kappa shape index (κ3) is 4.94. The molecule has 0 amide bonds. The van der Waals surface area contributed by atoms with Gasteiger partial charge in [0, 0.05) is 6.54 Å². The van der Waals surface area contributed by atoms with Crippen LogP contribution < -0.4 is 9.03 Å². The van der Waals surface area contributed by atoms with Crippen molar-refractivity contribution < 1.29 is 21.2 Å². The van der Waals surface area contributed by atoms with Crippen molar-refractivity contribution in [1.82, 2.24) is 0 Å². The molecule has 4 rings (SSSR count). The summed E-state index contributed by atoms with van der Waals surface area (Å²) in [5.74, 6) is -0.610. The number of aryl methyl sites for hydroxylation is 2. The summed E-state index contributed by atoms with van der Waals surface area (Å²) in [4.78, 5) is -0.0133. The molecule has 0 spiro atoms. The lowest BCUT2D eigenvalue weighted by atomic mass is 10.0. The van der Waals surface area contributed by atoms with Gasteiger partial charge in [0.1, 0.15) is 5.82 Å². The Morgan fingerprint density at radius 2 is 1.62 bits per heavy atom. The van der Waals surface area contributed by atoms with E-state index in [0.29, 0.717) is 30.6 Å². The lowest BCUT2D eigenvalue weighted by Gasteiger charge is -2.31. The summed E-state index contributed by atoms with van der Waals surface area (Å²) >= 11 is 0. The number of benzene rings is 3. The van der Waals surface area contributed by atoms with E-state index in [1.165, 1.54) is 16.4 Å². The molecule has 9 heteroatoms. The van der Waals surface area contributed by atoms with Gasteiger partial charge < -0.3 is 0 Å². The fourth-order valence-electron chi connectivity index (χ4n) is 3.72. The number of sulfonamides is 2. The minimum absolute atomic E-state index is 0.0133. The van der Waals surface area contributed by atoms with Crippen LogP contribution in [0.25, 0.3) is 0 Å². The molecule has 3 aromatic carbocycles. The van der Waals surface area contributed by atoms with Crippen LogP contribution in [0.5, 0.6) is 0 Å². The van der Waals surface area contributed by atoms with Gasteiger partial charge in [-0.15, -0.1) is 0 Å². The predicted molar refractivity (Wildman–Crippen MR) is 123 cm³/mol. The third-order valence-electron chi connectivity index (χ3n) is 5.34.